The highest BCUT2D eigenvalue weighted by Gasteiger charge is 2.19. The number of nitrogens with one attached hydrogen (secondary N) is 1. The van der Waals surface area contributed by atoms with E-state index in [0.29, 0.717) is 5.69 Å². The van der Waals surface area contributed by atoms with Gasteiger partial charge in [-0.15, -0.1) is 0 Å². The first-order valence-electron chi connectivity index (χ1n) is 5.05. The summed E-state index contributed by atoms with van der Waals surface area (Å²) < 4.78 is 1.99. The molecule has 0 radical (unpaired) electrons. The zero-order chi connectivity index (χ0) is 11.1. The molecular formula is C10H10N4O2. The number of pyridine rings is 1. The number of carbonyl (C=O) groups is 1. The van der Waals surface area contributed by atoms with Gasteiger partial charge in [0.1, 0.15) is 0 Å². The summed E-state index contributed by atoms with van der Waals surface area (Å²) in [4.78, 5) is 19.3. The van der Waals surface area contributed by atoms with Gasteiger partial charge in [0.05, 0.1) is 23.1 Å². The van der Waals surface area contributed by atoms with Crippen LogP contribution in [0.3, 0.4) is 0 Å². The van der Waals surface area contributed by atoms with E-state index in [4.69, 9.17) is 5.11 Å². The monoisotopic (exact) mass is 218 g/mol. The number of nitrogens with zero attached hydrogens (tertiary/aromatic N) is 3. The predicted octanol–water partition coefficient (Wildman–Crippen LogP) is 0.484. The first-order chi connectivity index (χ1) is 7.75. The molecule has 3 rings (SSSR count). The average molecular weight is 218 g/mol. The van der Waals surface area contributed by atoms with E-state index >= 15 is 0 Å². The summed E-state index contributed by atoms with van der Waals surface area (Å²) in [5.41, 5.74) is 2.21. The highest BCUT2D eigenvalue weighted by atomic mass is 16.4. The van der Waals surface area contributed by atoms with Crippen LogP contribution in [0.15, 0.2) is 12.3 Å². The van der Waals surface area contributed by atoms with Crippen LogP contribution in [0.4, 0.5) is 5.95 Å². The lowest BCUT2D eigenvalue weighted by atomic mass is 10.2. The highest BCUT2D eigenvalue weighted by molar-refractivity contribution is 5.84. The maximum absolute atomic E-state index is 10.7. The molecule has 0 atom stereocenters. The van der Waals surface area contributed by atoms with Gasteiger partial charge in [-0.3, -0.25) is 9.78 Å². The summed E-state index contributed by atoms with van der Waals surface area (Å²) in [6.45, 7) is 1.64. The van der Waals surface area contributed by atoms with Crippen LogP contribution in [-0.2, 0) is 17.8 Å². The summed E-state index contributed by atoms with van der Waals surface area (Å²) >= 11 is 0. The Labute approximate surface area is 90.9 Å². The zero-order valence-corrected chi connectivity index (χ0v) is 8.47. The van der Waals surface area contributed by atoms with E-state index in [1.807, 2.05) is 4.57 Å². The van der Waals surface area contributed by atoms with Crippen molar-refractivity contribution >= 4 is 23.0 Å². The molecule has 2 aromatic heterocycles. The smallest absolute Gasteiger partial charge is 0.309 e. The van der Waals surface area contributed by atoms with Crippen LogP contribution in [0, 0.1) is 0 Å². The lowest BCUT2D eigenvalue weighted by Gasteiger charge is -2.02. The maximum atomic E-state index is 10.7. The van der Waals surface area contributed by atoms with Crippen molar-refractivity contribution < 1.29 is 9.90 Å². The normalized spacial score (nSPS) is 13.8. The van der Waals surface area contributed by atoms with Gasteiger partial charge in [0.25, 0.3) is 0 Å². The number of imidazole rings is 1. The Morgan fingerprint density at radius 2 is 2.50 bits per heavy atom. The fraction of sp³-hybridized carbons (Fsp3) is 0.300. The quantitative estimate of drug-likeness (QED) is 0.766. The Morgan fingerprint density at radius 3 is 3.31 bits per heavy atom. The molecule has 2 aromatic rings. The Balaban J connectivity index is 2.24. The minimum absolute atomic E-state index is 0.0670. The molecule has 0 aliphatic carbocycles. The Hall–Kier alpha value is -2.11. The molecule has 6 heteroatoms. The molecular weight excluding hydrogens is 208 g/mol. The topological polar surface area (TPSA) is 80.0 Å². The molecule has 1 aliphatic rings. The van der Waals surface area contributed by atoms with Crippen molar-refractivity contribution in [2.75, 3.05) is 11.9 Å². The fourth-order valence-corrected chi connectivity index (χ4v) is 2.06. The third-order valence-corrected chi connectivity index (χ3v) is 2.67. The van der Waals surface area contributed by atoms with E-state index in [9.17, 15) is 4.79 Å². The van der Waals surface area contributed by atoms with E-state index < -0.39 is 5.97 Å². The van der Waals surface area contributed by atoms with Crippen molar-refractivity contribution in [2.24, 2.45) is 0 Å². The molecule has 0 unspecified atom stereocenters. The predicted molar refractivity (Wildman–Crippen MR) is 57.4 cm³/mol. The number of hydrogen-bond acceptors (Lipinski definition) is 4. The lowest BCUT2D eigenvalue weighted by molar-refractivity contribution is -0.136. The number of aromatic nitrogens is 3. The molecule has 3 heterocycles. The first-order valence-corrected chi connectivity index (χ1v) is 5.05. The van der Waals surface area contributed by atoms with Crippen LogP contribution in [0.1, 0.15) is 5.69 Å². The van der Waals surface area contributed by atoms with E-state index in [2.05, 4.69) is 15.3 Å². The van der Waals surface area contributed by atoms with Gasteiger partial charge in [0.15, 0.2) is 0 Å². The second-order valence-corrected chi connectivity index (χ2v) is 3.71. The average Bonchev–Trinajstić information content (AvgIpc) is 2.75. The van der Waals surface area contributed by atoms with E-state index in [0.717, 1.165) is 30.1 Å². The zero-order valence-electron chi connectivity index (χ0n) is 8.47. The Kier molecular flexibility index (Phi) is 1.82. The molecule has 0 fully saturated rings. The second-order valence-electron chi connectivity index (χ2n) is 3.71. The van der Waals surface area contributed by atoms with Crippen molar-refractivity contribution in [3.8, 4) is 0 Å². The van der Waals surface area contributed by atoms with Gasteiger partial charge in [-0.2, -0.15) is 0 Å². The number of carboxylic acid groups (broad SMARTS) is 1. The van der Waals surface area contributed by atoms with Crippen molar-refractivity contribution in [3.05, 3.63) is 18.0 Å². The summed E-state index contributed by atoms with van der Waals surface area (Å²) in [6, 6.07) is 1.80. The minimum atomic E-state index is -0.874. The summed E-state index contributed by atoms with van der Waals surface area (Å²) in [5.74, 6) is -0.0730. The minimum Gasteiger partial charge on any atom is -0.481 e. The van der Waals surface area contributed by atoms with Crippen LogP contribution < -0.4 is 5.32 Å². The standard InChI is InChI=1S/C10H10N4O2/c15-8(16)5-7-9-6(1-2-11-7)13-10-12-3-4-14(9)10/h1-2H,3-5H2,(H,12,13)(H,15,16). The van der Waals surface area contributed by atoms with Gasteiger partial charge < -0.3 is 15.0 Å². The van der Waals surface area contributed by atoms with Gasteiger partial charge in [0, 0.05) is 19.3 Å². The van der Waals surface area contributed by atoms with Crippen LogP contribution >= 0.6 is 0 Å². The third-order valence-electron chi connectivity index (χ3n) is 2.67. The number of fused-ring (bicyclic) bond motifs is 3. The molecule has 2 N–H and O–H groups in total. The number of anilines is 1. The molecule has 0 amide bonds. The Morgan fingerprint density at radius 1 is 1.62 bits per heavy atom. The van der Waals surface area contributed by atoms with Crippen LogP contribution in [0.5, 0.6) is 0 Å². The second kappa shape index (κ2) is 3.19. The van der Waals surface area contributed by atoms with Gasteiger partial charge in [-0.1, -0.05) is 0 Å². The molecule has 0 saturated carbocycles. The van der Waals surface area contributed by atoms with Crippen molar-refractivity contribution in [3.63, 3.8) is 0 Å². The molecule has 16 heavy (non-hydrogen) atoms. The molecule has 0 spiro atoms. The summed E-state index contributed by atoms with van der Waals surface area (Å²) in [5, 5.41) is 12.0. The highest BCUT2D eigenvalue weighted by Crippen LogP contribution is 2.24. The van der Waals surface area contributed by atoms with Crippen molar-refractivity contribution in [2.45, 2.75) is 13.0 Å². The largest absolute Gasteiger partial charge is 0.481 e. The molecule has 0 saturated heterocycles. The molecule has 0 bridgehead atoms. The molecule has 6 nitrogen and oxygen atoms in total. The third kappa shape index (κ3) is 1.23. The SMILES string of the molecule is O=C(O)Cc1nccc2nc3n(c12)CCN3. The maximum Gasteiger partial charge on any atom is 0.309 e. The summed E-state index contributed by atoms with van der Waals surface area (Å²) in [7, 11) is 0. The van der Waals surface area contributed by atoms with E-state index in [1.54, 1.807) is 12.3 Å². The van der Waals surface area contributed by atoms with E-state index in [-0.39, 0.29) is 6.42 Å². The van der Waals surface area contributed by atoms with Crippen LogP contribution in [-0.4, -0.2) is 32.2 Å². The number of aliphatic carboxylic acids is 1. The van der Waals surface area contributed by atoms with Crippen LogP contribution in [0.25, 0.3) is 11.0 Å². The molecule has 1 aliphatic heterocycles. The molecule has 82 valence electrons. The number of rotatable bonds is 2. The van der Waals surface area contributed by atoms with Crippen LogP contribution in [0.2, 0.25) is 0 Å². The number of carboxylic acids is 1. The lowest BCUT2D eigenvalue weighted by Crippen LogP contribution is -2.05. The van der Waals surface area contributed by atoms with E-state index in [1.165, 1.54) is 0 Å². The summed E-state index contributed by atoms with van der Waals surface area (Å²) in [6.07, 6.45) is 1.53. The Bertz CT molecular complexity index is 575. The van der Waals surface area contributed by atoms with Crippen molar-refractivity contribution in [1.29, 1.82) is 0 Å². The van der Waals surface area contributed by atoms with Crippen molar-refractivity contribution in [1.82, 2.24) is 14.5 Å². The number of hydrogen-bond donors (Lipinski definition) is 2. The van der Waals surface area contributed by atoms with Gasteiger partial charge in [0.2, 0.25) is 5.95 Å². The van der Waals surface area contributed by atoms with Gasteiger partial charge >= 0.3 is 5.97 Å². The fourth-order valence-electron chi connectivity index (χ4n) is 2.06. The first kappa shape index (κ1) is 9.14. The van der Waals surface area contributed by atoms with Gasteiger partial charge in [-0.25, -0.2) is 4.98 Å². The molecule has 0 aromatic carbocycles. The van der Waals surface area contributed by atoms with Gasteiger partial charge in [-0.05, 0) is 6.07 Å².